The van der Waals surface area contributed by atoms with E-state index in [-0.39, 0.29) is 17.4 Å². The van der Waals surface area contributed by atoms with Crippen molar-refractivity contribution in [3.8, 4) is 0 Å². The van der Waals surface area contributed by atoms with Crippen LogP contribution in [0, 0.1) is 5.41 Å². The Morgan fingerprint density at radius 3 is 2.96 bits per heavy atom. The first-order valence-electron chi connectivity index (χ1n) is 9.10. The van der Waals surface area contributed by atoms with Crippen LogP contribution in [0.25, 0.3) is 10.8 Å². The maximum atomic E-state index is 13.1. The van der Waals surface area contributed by atoms with Crippen molar-refractivity contribution in [1.82, 2.24) is 4.90 Å². The third-order valence-corrected chi connectivity index (χ3v) is 5.70. The number of rotatable bonds is 3. The summed E-state index contributed by atoms with van der Waals surface area (Å²) in [5.41, 5.74) is 0.707. The number of hydrogen-bond donors (Lipinski definition) is 0. The number of piperidine rings is 1. The van der Waals surface area contributed by atoms with Crippen LogP contribution in [-0.2, 0) is 9.47 Å². The van der Waals surface area contributed by atoms with Gasteiger partial charge in [-0.3, -0.25) is 4.79 Å². The van der Waals surface area contributed by atoms with Gasteiger partial charge in [0.25, 0.3) is 5.91 Å². The predicted molar refractivity (Wildman–Crippen MR) is 97.8 cm³/mol. The molecule has 2 atom stereocenters. The van der Waals surface area contributed by atoms with Gasteiger partial charge in [-0.1, -0.05) is 30.3 Å². The predicted octanol–water partition coefficient (Wildman–Crippen LogP) is 3.50. The van der Waals surface area contributed by atoms with Crippen molar-refractivity contribution in [3.63, 3.8) is 0 Å². The van der Waals surface area contributed by atoms with Crippen LogP contribution in [0.4, 0.5) is 0 Å². The number of methoxy groups -OCH3 is 1. The Labute approximate surface area is 148 Å². The highest BCUT2D eigenvalue weighted by molar-refractivity contribution is 5.98. The fourth-order valence-corrected chi connectivity index (χ4v) is 4.47. The molecule has 0 aromatic heterocycles. The number of amides is 1. The average molecular weight is 339 g/mol. The van der Waals surface area contributed by atoms with Crippen molar-refractivity contribution in [2.45, 2.75) is 25.4 Å². The molecule has 4 heteroatoms. The molecule has 2 aliphatic heterocycles. The molecule has 2 aromatic rings. The van der Waals surface area contributed by atoms with E-state index >= 15 is 0 Å². The first-order valence-corrected chi connectivity index (χ1v) is 9.10. The third kappa shape index (κ3) is 3.05. The average Bonchev–Trinajstić information content (AvgIpc) is 2.66. The molecule has 132 valence electrons. The quantitative estimate of drug-likeness (QED) is 0.859. The smallest absolute Gasteiger partial charge is 0.253 e. The zero-order valence-electron chi connectivity index (χ0n) is 14.7. The molecule has 2 heterocycles. The van der Waals surface area contributed by atoms with Crippen molar-refractivity contribution in [3.05, 3.63) is 48.0 Å². The summed E-state index contributed by atoms with van der Waals surface area (Å²) in [7, 11) is 1.74. The largest absolute Gasteiger partial charge is 0.384 e. The molecule has 0 bridgehead atoms. The second-order valence-corrected chi connectivity index (χ2v) is 7.34. The topological polar surface area (TPSA) is 38.8 Å². The summed E-state index contributed by atoms with van der Waals surface area (Å²) in [6, 6.07) is 14.1. The van der Waals surface area contributed by atoms with Crippen molar-refractivity contribution in [1.29, 1.82) is 0 Å². The van der Waals surface area contributed by atoms with E-state index in [4.69, 9.17) is 9.47 Å². The minimum atomic E-state index is -0.0578. The van der Waals surface area contributed by atoms with Crippen molar-refractivity contribution in [2.24, 2.45) is 5.41 Å². The summed E-state index contributed by atoms with van der Waals surface area (Å²) in [6.45, 7) is 2.95. The van der Waals surface area contributed by atoms with Crippen molar-refractivity contribution >= 4 is 16.7 Å². The maximum Gasteiger partial charge on any atom is 0.253 e. The van der Waals surface area contributed by atoms with E-state index in [0.29, 0.717) is 6.61 Å². The zero-order valence-corrected chi connectivity index (χ0v) is 14.7. The number of likely N-dealkylation sites (tertiary alicyclic amines) is 1. The van der Waals surface area contributed by atoms with Gasteiger partial charge in [-0.05, 0) is 42.2 Å². The standard InChI is InChI=1S/C21H25NO3/c1-24-15-21-10-4-12-25-19(21)9-11-22(14-21)20(23)18-8-7-16-5-2-3-6-17(16)13-18/h2-3,5-8,13,19H,4,9-12,14-15H2,1H3/t19-,21+/m0/s1. The van der Waals surface area contributed by atoms with E-state index < -0.39 is 0 Å². The van der Waals surface area contributed by atoms with E-state index in [0.717, 1.165) is 55.3 Å². The van der Waals surface area contributed by atoms with Gasteiger partial charge < -0.3 is 14.4 Å². The second kappa shape index (κ2) is 6.77. The monoisotopic (exact) mass is 339 g/mol. The molecule has 0 aliphatic carbocycles. The molecule has 2 fully saturated rings. The molecule has 0 spiro atoms. The molecule has 0 N–H and O–H groups in total. The van der Waals surface area contributed by atoms with Crippen LogP contribution in [0.3, 0.4) is 0 Å². The molecule has 2 aliphatic rings. The summed E-state index contributed by atoms with van der Waals surface area (Å²) in [6.07, 6.45) is 3.20. The van der Waals surface area contributed by atoms with E-state index in [9.17, 15) is 4.79 Å². The maximum absolute atomic E-state index is 13.1. The van der Waals surface area contributed by atoms with Gasteiger partial charge in [-0.15, -0.1) is 0 Å². The summed E-state index contributed by atoms with van der Waals surface area (Å²) in [4.78, 5) is 15.1. The van der Waals surface area contributed by atoms with Gasteiger partial charge in [0, 0.05) is 37.8 Å². The summed E-state index contributed by atoms with van der Waals surface area (Å²) in [5, 5.41) is 2.27. The van der Waals surface area contributed by atoms with Crippen LogP contribution in [0.15, 0.2) is 42.5 Å². The number of nitrogens with zero attached hydrogens (tertiary/aromatic N) is 1. The van der Waals surface area contributed by atoms with Crippen molar-refractivity contribution in [2.75, 3.05) is 33.4 Å². The van der Waals surface area contributed by atoms with Crippen LogP contribution in [-0.4, -0.2) is 50.3 Å². The number of carbonyl (C=O) groups is 1. The summed E-state index contributed by atoms with van der Waals surface area (Å²) >= 11 is 0. The molecule has 4 nitrogen and oxygen atoms in total. The molecule has 4 rings (SSSR count). The van der Waals surface area contributed by atoms with Gasteiger partial charge in [0.05, 0.1) is 12.7 Å². The third-order valence-electron chi connectivity index (χ3n) is 5.70. The minimum absolute atomic E-state index is 0.0578. The van der Waals surface area contributed by atoms with E-state index in [1.54, 1.807) is 7.11 Å². The lowest BCUT2D eigenvalue weighted by Crippen LogP contribution is -2.58. The highest BCUT2D eigenvalue weighted by Gasteiger charge is 2.47. The van der Waals surface area contributed by atoms with Crippen LogP contribution in [0.5, 0.6) is 0 Å². The fraction of sp³-hybridized carbons (Fsp3) is 0.476. The fourth-order valence-electron chi connectivity index (χ4n) is 4.47. The zero-order chi connectivity index (χ0) is 17.3. The van der Waals surface area contributed by atoms with Gasteiger partial charge in [-0.2, -0.15) is 0 Å². The first kappa shape index (κ1) is 16.6. The molecule has 0 radical (unpaired) electrons. The summed E-state index contributed by atoms with van der Waals surface area (Å²) in [5.74, 6) is 0.116. The molecule has 2 aromatic carbocycles. The highest BCUT2D eigenvalue weighted by Crippen LogP contribution is 2.40. The Balaban J connectivity index is 1.58. The number of benzene rings is 2. The van der Waals surface area contributed by atoms with Crippen LogP contribution < -0.4 is 0 Å². The van der Waals surface area contributed by atoms with Gasteiger partial charge >= 0.3 is 0 Å². The number of hydrogen-bond acceptors (Lipinski definition) is 3. The molecular weight excluding hydrogens is 314 g/mol. The molecular formula is C21H25NO3. The first-order chi connectivity index (χ1) is 12.2. The summed E-state index contributed by atoms with van der Waals surface area (Å²) < 4.78 is 11.5. The SMILES string of the molecule is COC[C@]12CCCO[C@H]1CCN(C(=O)c1ccc3ccccc3c1)C2. The number of ether oxygens (including phenoxy) is 2. The van der Waals surface area contributed by atoms with E-state index in [2.05, 4.69) is 12.1 Å². The Hall–Kier alpha value is -1.91. The number of fused-ring (bicyclic) bond motifs is 2. The lowest BCUT2D eigenvalue weighted by atomic mass is 9.73. The van der Waals surface area contributed by atoms with Gasteiger partial charge in [0.15, 0.2) is 0 Å². The van der Waals surface area contributed by atoms with Gasteiger partial charge in [0.2, 0.25) is 0 Å². The lowest BCUT2D eigenvalue weighted by Gasteiger charge is -2.50. The lowest BCUT2D eigenvalue weighted by molar-refractivity contribution is -0.142. The Kier molecular flexibility index (Phi) is 4.48. The van der Waals surface area contributed by atoms with E-state index in [1.165, 1.54) is 0 Å². The highest BCUT2D eigenvalue weighted by atomic mass is 16.5. The van der Waals surface area contributed by atoms with E-state index in [1.807, 2.05) is 35.2 Å². The van der Waals surface area contributed by atoms with Crippen LogP contribution in [0.2, 0.25) is 0 Å². The number of carbonyl (C=O) groups excluding carboxylic acids is 1. The Bertz CT molecular complexity index is 771. The second-order valence-electron chi connectivity index (χ2n) is 7.34. The molecule has 0 unspecified atom stereocenters. The van der Waals surface area contributed by atoms with Crippen LogP contribution >= 0.6 is 0 Å². The molecule has 25 heavy (non-hydrogen) atoms. The molecule has 1 amide bonds. The minimum Gasteiger partial charge on any atom is -0.384 e. The van der Waals surface area contributed by atoms with Gasteiger partial charge in [0.1, 0.15) is 0 Å². The normalized spacial score (nSPS) is 26.4. The molecule has 0 saturated carbocycles. The van der Waals surface area contributed by atoms with Crippen LogP contribution in [0.1, 0.15) is 29.6 Å². The Morgan fingerprint density at radius 1 is 1.28 bits per heavy atom. The van der Waals surface area contributed by atoms with Crippen molar-refractivity contribution < 1.29 is 14.3 Å². The Morgan fingerprint density at radius 2 is 2.12 bits per heavy atom. The van der Waals surface area contributed by atoms with Gasteiger partial charge in [-0.25, -0.2) is 0 Å². The molecule has 2 saturated heterocycles.